The molecule has 0 fully saturated rings. The molecule has 0 aliphatic rings. The van der Waals surface area contributed by atoms with Gasteiger partial charge in [0, 0.05) is 36.6 Å². The van der Waals surface area contributed by atoms with Gasteiger partial charge in [-0.3, -0.25) is 0 Å². The minimum Gasteiger partial charge on any atom is -0.452 e. The number of rotatable bonds is 6. The number of carbonyl (C=O) groups is 1. The Kier molecular flexibility index (Phi) is 5.74. The molecule has 0 bridgehead atoms. The highest BCUT2D eigenvalue weighted by Gasteiger charge is 2.22. The quantitative estimate of drug-likeness (QED) is 0.384. The lowest BCUT2D eigenvalue weighted by molar-refractivity contribution is 0.0423. The van der Waals surface area contributed by atoms with Gasteiger partial charge in [0.2, 0.25) is 15.8 Å². The van der Waals surface area contributed by atoms with E-state index in [2.05, 4.69) is 4.98 Å². The number of esters is 1. The fourth-order valence-corrected chi connectivity index (χ4v) is 4.67. The van der Waals surface area contributed by atoms with E-state index in [4.69, 9.17) is 20.8 Å². The van der Waals surface area contributed by atoms with Crippen molar-refractivity contribution in [2.75, 3.05) is 14.1 Å². The molecule has 168 valence electrons. The fraction of sp³-hybridized carbons (Fsp3) is 0.273. The summed E-state index contributed by atoms with van der Waals surface area (Å²) >= 11 is 6.04. The van der Waals surface area contributed by atoms with Crippen molar-refractivity contribution in [3.05, 3.63) is 58.6 Å². The Morgan fingerprint density at radius 3 is 2.66 bits per heavy atom. The summed E-state index contributed by atoms with van der Waals surface area (Å²) in [4.78, 5) is 17.4. The molecule has 0 saturated heterocycles. The molecule has 0 amide bonds. The van der Waals surface area contributed by atoms with Crippen LogP contribution in [0.15, 0.2) is 45.7 Å². The van der Waals surface area contributed by atoms with Gasteiger partial charge in [0.15, 0.2) is 0 Å². The molecule has 2 heterocycles. The number of carbonyl (C=O) groups excluding carboxylic acids is 1. The lowest BCUT2D eigenvalue weighted by Gasteiger charge is -2.11. The number of aryl methyl sites for hydroxylation is 2. The zero-order chi connectivity index (χ0) is 23.2. The lowest BCUT2D eigenvalue weighted by atomic mass is 10.1. The fourth-order valence-electron chi connectivity index (χ4n) is 3.58. The van der Waals surface area contributed by atoms with E-state index in [1.807, 2.05) is 11.5 Å². The summed E-state index contributed by atoms with van der Waals surface area (Å²) in [6, 6.07) is 9.91. The topological polar surface area (TPSA) is 94.6 Å². The highest BCUT2D eigenvalue weighted by atomic mass is 35.5. The lowest BCUT2D eigenvalue weighted by Crippen LogP contribution is -2.22. The molecule has 0 atom stereocenters. The van der Waals surface area contributed by atoms with E-state index in [0.29, 0.717) is 34.1 Å². The van der Waals surface area contributed by atoms with Crippen LogP contribution in [0.3, 0.4) is 0 Å². The van der Waals surface area contributed by atoms with E-state index in [1.54, 1.807) is 37.3 Å². The average Bonchev–Trinajstić information content (AvgIpc) is 3.28. The minimum absolute atomic E-state index is 0.0889. The summed E-state index contributed by atoms with van der Waals surface area (Å²) in [6.07, 6.45) is 0. The molecule has 10 heteroatoms. The second kappa shape index (κ2) is 8.23. The molecule has 4 aromatic rings. The number of benzene rings is 2. The third-order valence-corrected chi connectivity index (χ3v) is 7.36. The van der Waals surface area contributed by atoms with Gasteiger partial charge in [-0.25, -0.2) is 22.5 Å². The Morgan fingerprint density at radius 2 is 1.97 bits per heavy atom. The Bertz CT molecular complexity index is 1450. The van der Waals surface area contributed by atoms with E-state index < -0.39 is 16.0 Å². The molecule has 0 unspecified atom stereocenters. The van der Waals surface area contributed by atoms with E-state index in [1.165, 1.54) is 20.2 Å². The maximum atomic E-state index is 12.7. The summed E-state index contributed by atoms with van der Waals surface area (Å²) in [5.41, 5.74) is 2.46. The summed E-state index contributed by atoms with van der Waals surface area (Å²) < 4.78 is 39.1. The SMILES string of the molecule is CCn1c(COC(=O)c2oc3ccc(Cl)cc3c2C)nc2cc(S(=O)(=O)N(C)C)ccc21. The van der Waals surface area contributed by atoms with Gasteiger partial charge >= 0.3 is 5.97 Å². The number of furan rings is 1. The van der Waals surface area contributed by atoms with Crippen LogP contribution >= 0.6 is 11.6 Å². The molecule has 0 aliphatic carbocycles. The zero-order valence-electron chi connectivity index (χ0n) is 18.0. The third-order valence-electron chi connectivity index (χ3n) is 5.31. The summed E-state index contributed by atoms with van der Waals surface area (Å²) in [7, 11) is -0.634. The Hall–Kier alpha value is -2.88. The normalized spacial score (nSPS) is 12.2. The van der Waals surface area contributed by atoms with Crippen LogP contribution in [0.1, 0.15) is 28.9 Å². The number of hydrogen-bond acceptors (Lipinski definition) is 6. The first kappa shape index (κ1) is 22.3. The van der Waals surface area contributed by atoms with Crippen LogP contribution in [-0.2, 0) is 27.9 Å². The van der Waals surface area contributed by atoms with Crippen molar-refractivity contribution in [2.24, 2.45) is 0 Å². The first-order valence-electron chi connectivity index (χ1n) is 9.91. The molecule has 0 aliphatic heterocycles. The molecule has 0 N–H and O–H groups in total. The molecule has 0 radical (unpaired) electrons. The van der Waals surface area contributed by atoms with Crippen molar-refractivity contribution in [1.29, 1.82) is 0 Å². The van der Waals surface area contributed by atoms with Crippen molar-refractivity contribution in [2.45, 2.75) is 31.9 Å². The summed E-state index contributed by atoms with van der Waals surface area (Å²) in [6.45, 7) is 4.19. The average molecular weight is 476 g/mol. The minimum atomic E-state index is -3.58. The van der Waals surface area contributed by atoms with Crippen LogP contribution in [0.25, 0.3) is 22.0 Å². The van der Waals surface area contributed by atoms with E-state index >= 15 is 0 Å². The molecule has 0 spiro atoms. The third kappa shape index (κ3) is 3.76. The van der Waals surface area contributed by atoms with Crippen LogP contribution in [0, 0.1) is 6.92 Å². The molecule has 32 heavy (non-hydrogen) atoms. The van der Waals surface area contributed by atoms with Gasteiger partial charge in [-0.05, 0) is 50.2 Å². The standard InChI is InChI=1S/C22H22ClN3O5S/c1-5-26-18-8-7-15(32(28,29)25(3)4)11-17(18)24-20(26)12-30-22(27)21-13(2)16-10-14(23)6-9-19(16)31-21/h6-11H,5,12H2,1-4H3. The van der Waals surface area contributed by atoms with E-state index in [9.17, 15) is 13.2 Å². The van der Waals surface area contributed by atoms with Gasteiger partial charge < -0.3 is 13.7 Å². The molecular weight excluding hydrogens is 454 g/mol. The maximum Gasteiger partial charge on any atom is 0.375 e. The predicted octanol–water partition coefficient (Wildman–Crippen LogP) is 4.37. The number of aromatic nitrogens is 2. The van der Waals surface area contributed by atoms with Crippen LogP contribution in [0.4, 0.5) is 0 Å². The van der Waals surface area contributed by atoms with Crippen molar-refractivity contribution in [1.82, 2.24) is 13.9 Å². The number of sulfonamides is 1. The van der Waals surface area contributed by atoms with Gasteiger partial charge in [0.05, 0.1) is 15.9 Å². The van der Waals surface area contributed by atoms with E-state index in [-0.39, 0.29) is 17.3 Å². The first-order chi connectivity index (χ1) is 15.1. The van der Waals surface area contributed by atoms with Crippen molar-refractivity contribution in [3.8, 4) is 0 Å². The first-order valence-corrected chi connectivity index (χ1v) is 11.7. The largest absolute Gasteiger partial charge is 0.452 e. The highest BCUT2D eigenvalue weighted by molar-refractivity contribution is 7.89. The number of nitrogens with zero attached hydrogens (tertiary/aromatic N) is 3. The van der Waals surface area contributed by atoms with Crippen molar-refractivity contribution >= 4 is 49.6 Å². The molecule has 4 rings (SSSR count). The monoisotopic (exact) mass is 475 g/mol. The van der Waals surface area contributed by atoms with Crippen LogP contribution in [0.2, 0.25) is 5.02 Å². The highest BCUT2D eigenvalue weighted by Crippen LogP contribution is 2.29. The number of ether oxygens (including phenoxy) is 1. The molecule has 0 saturated carbocycles. The Labute approximate surface area is 190 Å². The number of hydrogen-bond donors (Lipinski definition) is 0. The molecule has 8 nitrogen and oxygen atoms in total. The van der Waals surface area contributed by atoms with Crippen LogP contribution in [0.5, 0.6) is 0 Å². The van der Waals surface area contributed by atoms with Gasteiger partial charge in [-0.15, -0.1) is 0 Å². The number of halogens is 1. The summed E-state index contributed by atoms with van der Waals surface area (Å²) in [5.74, 6) is 0.00764. The molecule has 2 aromatic heterocycles. The number of fused-ring (bicyclic) bond motifs is 2. The van der Waals surface area contributed by atoms with Gasteiger partial charge in [-0.2, -0.15) is 0 Å². The Balaban J connectivity index is 1.63. The zero-order valence-corrected chi connectivity index (χ0v) is 19.6. The molecular formula is C22H22ClN3O5S. The van der Waals surface area contributed by atoms with Crippen LogP contribution in [-0.4, -0.2) is 42.3 Å². The predicted molar refractivity (Wildman–Crippen MR) is 121 cm³/mol. The second-order valence-electron chi connectivity index (χ2n) is 7.48. The van der Waals surface area contributed by atoms with Gasteiger partial charge in [0.1, 0.15) is 18.0 Å². The van der Waals surface area contributed by atoms with Crippen molar-refractivity contribution in [3.63, 3.8) is 0 Å². The smallest absolute Gasteiger partial charge is 0.375 e. The van der Waals surface area contributed by atoms with E-state index in [0.717, 1.165) is 15.2 Å². The maximum absolute atomic E-state index is 12.7. The van der Waals surface area contributed by atoms with Gasteiger partial charge in [0.25, 0.3) is 0 Å². The second-order valence-corrected chi connectivity index (χ2v) is 10.1. The Morgan fingerprint density at radius 1 is 1.22 bits per heavy atom. The summed E-state index contributed by atoms with van der Waals surface area (Å²) in [5, 5.41) is 1.30. The molecule has 2 aromatic carbocycles. The van der Waals surface area contributed by atoms with Crippen molar-refractivity contribution < 1.29 is 22.4 Å². The van der Waals surface area contributed by atoms with Gasteiger partial charge in [-0.1, -0.05) is 11.6 Å². The number of imidazole rings is 1. The van der Waals surface area contributed by atoms with Crippen LogP contribution < -0.4 is 0 Å².